The van der Waals surface area contributed by atoms with Gasteiger partial charge in [0.2, 0.25) is 0 Å². The zero-order chi connectivity index (χ0) is 13.0. The average Bonchev–Trinajstić information content (AvgIpc) is 2.64. The molecule has 1 aliphatic rings. The first-order valence-electron chi connectivity index (χ1n) is 5.85. The summed E-state index contributed by atoms with van der Waals surface area (Å²) >= 11 is 0. The second kappa shape index (κ2) is 5.86. The van der Waals surface area contributed by atoms with E-state index in [4.69, 9.17) is 9.84 Å². The van der Waals surface area contributed by atoms with Gasteiger partial charge in [-0.3, -0.25) is 0 Å². The lowest BCUT2D eigenvalue weighted by Crippen LogP contribution is -2.51. The third kappa shape index (κ3) is 3.33. The number of likely N-dealkylation sites (N-methyl/N-ethyl adjacent to an activating group) is 1. The average molecular weight is 244 g/mol. The lowest BCUT2D eigenvalue weighted by atomic mass is 10.1. The third-order valence-electron chi connectivity index (χ3n) is 3.14. The summed E-state index contributed by atoms with van der Waals surface area (Å²) in [5, 5.41) is 11.8. The molecule has 1 heterocycles. The predicted molar refractivity (Wildman–Crippen MR) is 61.8 cm³/mol. The maximum absolute atomic E-state index is 11.8. The van der Waals surface area contributed by atoms with Crippen LogP contribution in [0.3, 0.4) is 0 Å². The summed E-state index contributed by atoms with van der Waals surface area (Å²) in [5.74, 6) is -0.985. The minimum absolute atomic E-state index is 0.0164. The number of rotatable bonds is 4. The van der Waals surface area contributed by atoms with Gasteiger partial charge in [-0.15, -0.1) is 0 Å². The predicted octanol–water partition coefficient (Wildman–Crippen LogP) is 0.668. The van der Waals surface area contributed by atoms with Gasteiger partial charge in [0.15, 0.2) is 0 Å². The number of nitrogens with zero attached hydrogens (tertiary/aromatic N) is 1. The van der Waals surface area contributed by atoms with Gasteiger partial charge in [-0.2, -0.15) is 0 Å². The van der Waals surface area contributed by atoms with E-state index in [-0.39, 0.29) is 18.2 Å². The van der Waals surface area contributed by atoms with Crippen molar-refractivity contribution in [3.8, 4) is 0 Å². The molecule has 1 rings (SSSR count). The largest absolute Gasteiger partial charge is 0.480 e. The lowest BCUT2D eigenvalue weighted by Gasteiger charge is -2.26. The summed E-state index contributed by atoms with van der Waals surface area (Å²) in [6.07, 6.45) is 1.14. The molecule has 1 saturated heterocycles. The monoisotopic (exact) mass is 244 g/mol. The molecule has 0 aliphatic carbocycles. The zero-order valence-electron chi connectivity index (χ0n) is 10.5. The van der Waals surface area contributed by atoms with Crippen LogP contribution in [0.5, 0.6) is 0 Å². The Morgan fingerprint density at radius 1 is 1.59 bits per heavy atom. The molecule has 6 heteroatoms. The highest BCUT2D eigenvalue weighted by molar-refractivity contribution is 5.82. The summed E-state index contributed by atoms with van der Waals surface area (Å²) in [7, 11) is 1.50. The van der Waals surface area contributed by atoms with Crippen LogP contribution in [0.4, 0.5) is 4.79 Å². The normalized spacial score (nSPS) is 25.4. The number of carbonyl (C=O) groups excluding carboxylic acids is 1. The second-order valence-electron chi connectivity index (χ2n) is 4.29. The number of ether oxygens (including phenoxy) is 1. The Bertz CT molecular complexity index is 295. The van der Waals surface area contributed by atoms with Crippen molar-refractivity contribution in [1.29, 1.82) is 0 Å². The summed E-state index contributed by atoms with van der Waals surface area (Å²) < 4.78 is 5.33. The zero-order valence-corrected chi connectivity index (χ0v) is 10.5. The first-order chi connectivity index (χ1) is 7.97. The van der Waals surface area contributed by atoms with Gasteiger partial charge in [0.05, 0.1) is 12.1 Å². The van der Waals surface area contributed by atoms with Crippen LogP contribution in [-0.2, 0) is 9.53 Å². The molecule has 98 valence electrons. The highest BCUT2D eigenvalue weighted by atomic mass is 16.5. The van der Waals surface area contributed by atoms with Crippen molar-refractivity contribution in [2.24, 2.45) is 0 Å². The molecule has 17 heavy (non-hydrogen) atoms. The van der Waals surface area contributed by atoms with E-state index >= 15 is 0 Å². The van der Waals surface area contributed by atoms with Crippen LogP contribution >= 0.6 is 0 Å². The Labute approximate surface area is 101 Å². The molecule has 0 spiro atoms. The van der Waals surface area contributed by atoms with Gasteiger partial charge >= 0.3 is 12.0 Å². The SMILES string of the molecule is CCC(C(=O)O)N(C)C(=O)NC1CCOC1C. The Kier molecular flexibility index (Phi) is 4.74. The first kappa shape index (κ1) is 13.8. The number of carboxylic acid groups (broad SMARTS) is 1. The number of urea groups is 1. The summed E-state index contributed by atoms with van der Waals surface area (Å²) in [4.78, 5) is 24.0. The van der Waals surface area contributed by atoms with E-state index < -0.39 is 12.0 Å². The van der Waals surface area contributed by atoms with E-state index in [1.807, 2.05) is 6.92 Å². The second-order valence-corrected chi connectivity index (χ2v) is 4.29. The van der Waals surface area contributed by atoms with Gasteiger partial charge in [0.1, 0.15) is 6.04 Å². The van der Waals surface area contributed by atoms with E-state index in [1.165, 1.54) is 11.9 Å². The fraction of sp³-hybridized carbons (Fsp3) is 0.818. The number of amides is 2. The molecule has 3 unspecified atom stereocenters. The van der Waals surface area contributed by atoms with Crippen molar-refractivity contribution >= 4 is 12.0 Å². The van der Waals surface area contributed by atoms with Crippen LogP contribution in [0.2, 0.25) is 0 Å². The molecule has 0 aromatic heterocycles. The molecule has 0 radical (unpaired) electrons. The van der Waals surface area contributed by atoms with E-state index in [9.17, 15) is 9.59 Å². The van der Waals surface area contributed by atoms with Crippen LogP contribution in [0.1, 0.15) is 26.7 Å². The Hall–Kier alpha value is -1.30. The van der Waals surface area contributed by atoms with Gasteiger partial charge in [-0.1, -0.05) is 6.92 Å². The van der Waals surface area contributed by atoms with Crippen molar-refractivity contribution in [3.63, 3.8) is 0 Å². The maximum atomic E-state index is 11.8. The molecule has 2 N–H and O–H groups in total. The van der Waals surface area contributed by atoms with Crippen molar-refractivity contribution in [2.75, 3.05) is 13.7 Å². The minimum Gasteiger partial charge on any atom is -0.480 e. The molecule has 0 aromatic rings. The minimum atomic E-state index is -0.985. The standard InChI is InChI=1S/C11H20N2O4/c1-4-9(10(14)15)13(3)11(16)12-8-5-6-17-7(8)2/h7-9H,4-6H2,1-3H3,(H,12,16)(H,14,15). The number of hydrogen-bond donors (Lipinski definition) is 2. The Morgan fingerprint density at radius 3 is 2.65 bits per heavy atom. The molecule has 0 aromatic carbocycles. The maximum Gasteiger partial charge on any atom is 0.326 e. The van der Waals surface area contributed by atoms with E-state index in [2.05, 4.69) is 5.32 Å². The molecular weight excluding hydrogens is 224 g/mol. The molecule has 0 bridgehead atoms. The summed E-state index contributed by atoms with van der Waals surface area (Å²) in [6.45, 7) is 4.27. The topological polar surface area (TPSA) is 78.9 Å². The molecule has 3 atom stereocenters. The first-order valence-corrected chi connectivity index (χ1v) is 5.85. The van der Waals surface area contributed by atoms with Crippen LogP contribution < -0.4 is 5.32 Å². The molecule has 2 amide bonds. The summed E-state index contributed by atoms with van der Waals surface area (Å²) in [5.41, 5.74) is 0. The van der Waals surface area contributed by atoms with E-state index in [0.717, 1.165) is 6.42 Å². The van der Waals surface area contributed by atoms with Gasteiger partial charge < -0.3 is 20.1 Å². The number of hydrogen-bond acceptors (Lipinski definition) is 3. The van der Waals surface area contributed by atoms with Crippen LogP contribution in [0, 0.1) is 0 Å². The van der Waals surface area contributed by atoms with Gasteiger partial charge in [-0.25, -0.2) is 9.59 Å². The molecular formula is C11H20N2O4. The molecule has 1 fully saturated rings. The Morgan fingerprint density at radius 2 is 2.24 bits per heavy atom. The Balaban J connectivity index is 2.54. The van der Waals surface area contributed by atoms with Crippen LogP contribution in [0.25, 0.3) is 0 Å². The van der Waals surface area contributed by atoms with E-state index in [1.54, 1.807) is 6.92 Å². The lowest BCUT2D eigenvalue weighted by molar-refractivity contribution is -0.141. The fourth-order valence-corrected chi connectivity index (χ4v) is 1.94. The smallest absolute Gasteiger partial charge is 0.326 e. The number of nitrogens with one attached hydrogen (secondary N) is 1. The number of carboxylic acids is 1. The van der Waals surface area contributed by atoms with Crippen LogP contribution in [0.15, 0.2) is 0 Å². The highest BCUT2D eigenvalue weighted by Gasteiger charge is 2.30. The van der Waals surface area contributed by atoms with Crippen molar-refractivity contribution in [2.45, 2.75) is 44.9 Å². The van der Waals surface area contributed by atoms with E-state index in [0.29, 0.717) is 13.0 Å². The molecule has 1 aliphatic heterocycles. The van der Waals surface area contributed by atoms with Crippen LogP contribution in [-0.4, -0.2) is 53.8 Å². The van der Waals surface area contributed by atoms with Gasteiger partial charge in [0.25, 0.3) is 0 Å². The third-order valence-corrected chi connectivity index (χ3v) is 3.14. The number of carbonyl (C=O) groups is 2. The van der Waals surface area contributed by atoms with Crippen molar-refractivity contribution < 1.29 is 19.4 Å². The quantitative estimate of drug-likeness (QED) is 0.761. The van der Waals surface area contributed by atoms with Crippen molar-refractivity contribution in [1.82, 2.24) is 10.2 Å². The van der Waals surface area contributed by atoms with Gasteiger partial charge in [0, 0.05) is 13.7 Å². The number of aliphatic carboxylic acids is 1. The molecule has 6 nitrogen and oxygen atoms in total. The summed E-state index contributed by atoms with van der Waals surface area (Å²) in [6, 6.07) is -1.18. The molecule has 0 saturated carbocycles. The van der Waals surface area contributed by atoms with Gasteiger partial charge in [-0.05, 0) is 19.8 Å². The fourth-order valence-electron chi connectivity index (χ4n) is 1.94. The van der Waals surface area contributed by atoms with Crippen molar-refractivity contribution in [3.05, 3.63) is 0 Å². The highest BCUT2D eigenvalue weighted by Crippen LogP contribution is 2.13.